The largest absolute Gasteiger partial charge is 0.472 e. The van der Waals surface area contributed by atoms with Crippen molar-refractivity contribution in [2.24, 2.45) is 0 Å². The van der Waals surface area contributed by atoms with E-state index in [0.717, 1.165) is 6.33 Å². The van der Waals surface area contributed by atoms with Crippen molar-refractivity contribution in [3.63, 3.8) is 0 Å². The van der Waals surface area contributed by atoms with Crippen LogP contribution in [-0.4, -0.2) is 109 Å². The van der Waals surface area contributed by atoms with Gasteiger partial charge < -0.3 is 45.5 Å². The first-order chi connectivity index (χ1) is 21.3. The first kappa shape index (κ1) is 30.6. The van der Waals surface area contributed by atoms with Crippen LogP contribution in [0.3, 0.4) is 0 Å². The highest BCUT2D eigenvalue weighted by Crippen LogP contribution is 2.53. The molecule has 4 aromatic heterocycles. The number of hydrogen-bond donors (Lipinski definition) is 7. The number of H-pyrrole nitrogens is 1. The Bertz CT molecular complexity index is 1940. The number of aliphatic hydroxyl groups is 2. The third kappa shape index (κ3) is 5.44. The average molecular weight is 690 g/mol. The van der Waals surface area contributed by atoms with Gasteiger partial charge in [0.05, 0.1) is 25.9 Å². The minimum atomic E-state index is -5.01. The van der Waals surface area contributed by atoms with Gasteiger partial charge in [-0.05, 0) is 11.8 Å². The van der Waals surface area contributed by atoms with E-state index in [1.807, 2.05) is 0 Å². The van der Waals surface area contributed by atoms with Crippen LogP contribution in [0.15, 0.2) is 23.8 Å². The fourth-order valence-corrected chi connectivity index (χ4v) is 7.67. The maximum Gasteiger partial charge on any atom is 0.472 e. The third-order valence-electron chi connectivity index (χ3n) is 7.32. The number of aromatic nitrogens is 8. The fraction of sp³-hybridized carbons (Fsp3) is 0.500. The number of imidazole rings is 2. The molecule has 0 spiro atoms. The van der Waals surface area contributed by atoms with Gasteiger partial charge in [-0.25, -0.2) is 24.5 Å². The van der Waals surface area contributed by atoms with Gasteiger partial charge in [-0.1, -0.05) is 0 Å². The lowest BCUT2D eigenvalue weighted by molar-refractivity contribution is -0.0635. The van der Waals surface area contributed by atoms with Crippen LogP contribution >= 0.6 is 14.5 Å². The van der Waals surface area contributed by atoms with Crippen LogP contribution in [0.5, 0.6) is 0 Å². The lowest BCUT2D eigenvalue weighted by Crippen LogP contribution is -2.36. The van der Waals surface area contributed by atoms with Crippen LogP contribution in [0.4, 0.5) is 11.8 Å². The van der Waals surface area contributed by atoms with Crippen LogP contribution in [0.2, 0.25) is 0 Å². The van der Waals surface area contributed by atoms with Crippen molar-refractivity contribution in [2.45, 2.75) is 49.1 Å². The van der Waals surface area contributed by atoms with E-state index in [4.69, 9.17) is 50.8 Å². The summed E-state index contributed by atoms with van der Waals surface area (Å²) in [6.45, 7) is -5.66. The highest BCUT2D eigenvalue weighted by molar-refractivity contribution is 8.07. The molecule has 9 N–H and O–H groups in total. The maximum atomic E-state index is 13.1. The lowest BCUT2D eigenvalue weighted by Gasteiger charge is -2.27. The molecule has 3 fully saturated rings. The number of aliphatic hydroxyl groups excluding tert-OH is 2. The molecule has 25 heteroatoms. The molecular weight excluding hydrogens is 666 g/mol. The molecule has 3 unspecified atom stereocenters. The number of phosphoric acid groups is 1. The van der Waals surface area contributed by atoms with Crippen molar-refractivity contribution in [3.8, 4) is 0 Å². The van der Waals surface area contributed by atoms with Gasteiger partial charge in [0, 0.05) is 0 Å². The van der Waals surface area contributed by atoms with E-state index in [2.05, 4.69) is 29.9 Å². The number of fused-ring (bicyclic) bond motifs is 5. The molecule has 0 aliphatic carbocycles. The number of rotatable bonds is 2. The smallest absolute Gasteiger partial charge is 0.387 e. The van der Waals surface area contributed by atoms with E-state index in [9.17, 15) is 29.4 Å². The van der Waals surface area contributed by atoms with Gasteiger partial charge in [0.2, 0.25) is 5.95 Å². The van der Waals surface area contributed by atoms with E-state index >= 15 is 0 Å². The number of nitrogen functional groups attached to an aromatic ring is 2. The Morgan fingerprint density at radius 3 is 2.36 bits per heavy atom. The Hall–Kier alpha value is -3.02. The Labute approximate surface area is 254 Å². The number of nitrogens with two attached hydrogens (primary N) is 2. The van der Waals surface area contributed by atoms with Crippen molar-refractivity contribution in [1.29, 1.82) is 0 Å². The van der Waals surface area contributed by atoms with Crippen LogP contribution in [0.1, 0.15) is 12.5 Å². The van der Waals surface area contributed by atoms with E-state index < -0.39 is 82.4 Å². The number of aromatic amines is 1. The van der Waals surface area contributed by atoms with Crippen LogP contribution in [-0.2, 0) is 43.9 Å². The number of ether oxygens (including phenoxy) is 2. The Balaban J connectivity index is 1.21. The van der Waals surface area contributed by atoms with Crippen LogP contribution in [0, 0.1) is 0 Å². The first-order valence-electron chi connectivity index (χ1n) is 13.0. The van der Waals surface area contributed by atoms with E-state index in [-0.39, 0.29) is 34.1 Å². The molecule has 22 nitrogen and oxygen atoms in total. The van der Waals surface area contributed by atoms with Crippen molar-refractivity contribution in [3.05, 3.63) is 29.3 Å². The van der Waals surface area contributed by atoms with Crippen molar-refractivity contribution in [2.75, 3.05) is 24.7 Å². The van der Waals surface area contributed by atoms with E-state index in [0.29, 0.717) is 0 Å². The molecule has 0 saturated carbocycles. The van der Waals surface area contributed by atoms with Crippen molar-refractivity contribution in [1.82, 2.24) is 39.0 Å². The summed E-state index contributed by atoms with van der Waals surface area (Å²) in [5, 5.41) is 22.3. The summed E-state index contributed by atoms with van der Waals surface area (Å²) >= 11 is 5.21. The second kappa shape index (κ2) is 11.1. The van der Waals surface area contributed by atoms with Crippen LogP contribution in [0.25, 0.3) is 22.3 Å². The maximum absolute atomic E-state index is 13.1. The molecule has 7 rings (SSSR count). The molecule has 0 radical (unpaired) electrons. The zero-order chi connectivity index (χ0) is 31.8. The number of anilines is 2. The zero-order valence-corrected chi connectivity index (χ0v) is 25.0. The summed E-state index contributed by atoms with van der Waals surface area (Å²) in [5.74, 6) is -0.181. The topological polar surface area (TPSA) is 313 Å². The van der Waals surface area contributed by atoms with Gasteiger partial charge in [0.25, 0.3) is 5.56 Å². The quantitative estimate of drug-likeness (QED) is 0.109. The molecule has 10 atom stereocenters. The number of hydrogen-bond acceptors (Lipinski definition) is 18. The van der Waals surface area contributed by atoms with Gasteiger partial charge in [-0.2, -0.15) is 4.98 Å². The molecule has 3 aliphatic heterocycles. The Kier molecular flexibility index (Phi) is 7.52. The molecule has 3 saturated heterocycles. The predicted molar refractivity (Wildman–Crippen MR) is 150 cm³/mol. The van der Waals surface area contributed by atoms with Crippen molar-refractivity contribution >= 4 is 60.4 Å². The Morgan fingerprint density at radius 1 is 0.889 bits per heavy atom. The van der Waals surface area contributed by atoms with Crippen molar-refractivity contribution < 1.29 is 52.1 Å². The third-order valence-corrected chi connectivity index (χ3v) is 9.87. The molecule has 0 amide bonds. The Morgan fingerprint density at radius 2 is 1.58 bits per heavy atom. The summed E-state index contributed by atoms with van der Waals surface area (Å²) in [5.41, 5.74) is 11.1. The second-order valence-electron chi connectivity index (χ2n) is 10.1. The number of nitrogens with one attached hydrogen (secondary N) is 1. The summed E-state index contributed by atoms with van der Waals surface area (Å²) in [6.07, 6.45) is -8.14. The number of nitrogens with zero attached hydrogens (tertiary/aromatic N) is 7. The summed E-state index contributed by atoms with van der Waals surface area (Å²) in [6, 6.07) is 0. The zero-order valence-electron chi connectivity index (χ0n) is 22.4. The average Bonchev–Trinajstić information content (AvgIpc) is 3.72. The summed E-state index contributed by atoms with van der Waals surface area (Å²) < 4.78 is 49.1. The number of phosphoric ester groups is 1. The van der Waals surface area contributed by atoms with E-state index in [1.54, 1.807) is 0 Å². The summed E-state index contributed by atoms with van der Waals surface area (Å²) in [7, 11) is -5.01. The highest BCUT2D eigenvalue weighted by atomic mass is 32.5. The SMILES string of the molecule is Nc1nc2c(ncn2[C@@H]2O[C@@H]3COP(=O)(O)O[C@@H]4C(COP(O)(=S)O[C@@H]2[C@@H]3O)O[C@@H](n2cnc3c(N)ncnc32)[C@@H]4O)c(=O)[nH]1. The molecular formula is C20H24N10O12P2S. The molecule has 242 valence electrons. The molecule has 45 heavy (non-hydrogen) atoms. The molecule has 7 heterocycles. The van der Waals surface area contributed by atoms with Gasteiger partial charge in [0.1, 0.15) is 48.5 Å². The molecule has 3 aliphatic rings. The minimum absolute atomic E-state index is 0.0608. The molecule has 0 aromatic carbocycles. The van der Waals surface area contributed by atoms with Gasteiger partial charge in [-0.3, -0.25) is 32.5 Å². The van der Waals surface area contributed by atoms with Gasteiger partial charge in [-0.15, -0.1) is 0 Å². The van der Waals surface area contributed by atoms with Gasteiger partial charge in [0.15, 0.2) is 35.1 Å². The van der Waals surface area contributed by atoms with E-state index in [1.165, 1.54) is 21.8 Å². The first-order valence-corrected chi connectivity index (χ1v) is 17.0. The lowest BCUT2D eigenvalue weighted by atomic mass is 10.1. The molecule has 2 bridgehead atoms. The standard InChI is InChI=1S/C20H24N10O12P2S/c21-14-8-15(24-3-23-14)29(4-25-8)18-11(32)12-7(40-18)2-38-44(36,45)42-13-10(31)6(1-37-43(34,35)41-12)39-19(13)30-5-26-9-16(30)27-20(22)28-17(9)33/h3-7,10-13,18-19,31-32H,1-2H2,(H,34,35)(H,36,45)(H2,21,23,24)(H3,22,27,28,33)/t6-,7?,10-,11-,12-,13-,18-,19-,44?/m1/s1. The monoisotopic (exact) mass is 690 g/mol. The normalized spacial score (nSPS) is 37.7. The molecule has 4 aromatic rings. The predicted octanol–water partition coefficient (Wildman–Crippen LogP) is -2.23. The highest BCUT2D eigenvalue weighted by Gasteiger charge is 2.53. The second-order valence-corrected chi connectivity index (χ2v) is 14.3. The summed E-state index contributed by atoms with van der Waals surface area (Å²) in [4.78, 5) is 56.5. The van der Waals surface area contributed by atoms with Gasteiger partial charge >= 0.3 is 14.5 Å². The fourth-order valence-electron chi connectivity index (χ4n) is 5.30. The van der Waals surface area contributed by atoms with Crippen LogP contribution < -0.4 is 17.0 Å². The minimum Gasteiger partial charge on any atom is -0.387 e.